The average molecular weight is 328 g/mol. The van der Waals surface area contributed by atoms with E-state index in [9.17, 15) is 4.79 Å². The van der Waals surface area contributed by atoms with Crippen LogP contribution in [0.3, 0.4) is 0 Å². The van der Waals surface area contributed by atoms with E-state index in [0.29, 0.717) is 23.6 Å². The molecule has 1 aromatic heterocycles. The molecule has 23 heavy (non-hydrogen) atoms. The van der Waals surface area contributed by atoms with Gasteiger partial charge in [0.2, 0.25) is 0 Å². The van der Waals surface area contributed by atoms with Crippen LogP contribution in [0.1, 0.15) is 16.1 Å². The monoisotopic (exact) mass is 327 g/mol. The summed E-state index contributed by atoms with van der Waals surface area (Å²) < 4.78 is 11.3. The summed E-state index contributed by atoms with van der Waals surface area (Å²) in [6.45, 7) is 0.409. The number of benzene rings is 2. The Morgan fingerprint density at radius 1 is 1.09 bits per heavy atom. The normalized spacial score (nSPS) is 10.5. The van der Waals surface area contributed by atoms with Crippen LogP contribution < -0.4 is 9.47 Å². The number of carbonyl (C=O) groups is 1. The predicted molar refractivity (Wildman–Crippen MR) is 89.3 cm³/mol. The summed E-state index contributed by atoms with van der Waals surface area (Å²) >= 11 is 5.49. The highest BCUT2D eigenvalue weighted by Gasteiger charge is 2.13. The van der Waals surface area contributed by atoms with Crippen molar-refractivity contribution in [3.63, 3.8) is 0 Å². The van der Waals surface area contributed by atoms with Crippen molar-refractivity contribution in [3.05, 3.63) is 65.9 Å². The van der Waals surface area contributed by atoms with Crippen molar-refractivity contribution in [1.29, 1.82) is 0 Å². The first kappa shape index (κ1) is 15.3. The van der Waals surface area contributed by atoms with Crippen molar-refractivity contribution in [1.82, 2.24) is 4.98 Å². The maximum Gasteiger partial charge on any atom is 0.270 e. The number of pyridine rings is 1. The lowest BCUT2D eigenvalue weighted by atomic mass is 10.1. The summed E-state index contributed by atoms with van der Waals surface area (Å²) in [6.07, 6.45) is 0. The molecule has 0 fully saturated rings. The van der Waals surface area contributed by atoms with Crippen LogP contribution in [0, 0.1) is 0 Å². The Kier molecular flexibility index (Phi) is 4.44. The molecule has 3 aromatic rings. The lowest BCUT2D eigenvalue weighted by molar-refractivity contribution is 0.107. The number of rotatable bonds is 5. The van der Waals surface area contributed by atoms with Crippen LogP contribution in [0.25, 0.3) is 10.9 Å². The molecule has 0 saturated heterocycles. The van der Waals surface area contributed by atoms with Gasteiger partial charge in [0.15, 0.2) is 11.5 Å². The number of nitrogens with zero attached hydrogens (tertiary/aromatic N) is 1. The molecule has 0 aliphatic carbocycles. The summed E-state index contributed by atoms with van der Waals surface area (Å²) in [5.74, 6) is 1.20. The molecular formula is C18H14ClNO3. The van der Waals surface area contributed by atoms with Gasteiger partial charge >= 0.3 is 0 Å². The van der Waals surface area contributed by atoms with Crippen molar-refractivity contribution in [2.24, 2.45) is 0 Å². The van der Waals surface area contributed by atoms with Gasteiger partial charge in [-0.25, -0.2) is 4.98 Å². The highest BCUT2D eigenvalue weighted by Crippen LogP contribution is 2.35. The number of methoxy groups -OCH3 is 1. The Bertz CT molecular complexity index is 850. The Morgan fingerprint density at radius 3 is 2.57 bits per heavy atom. The van der Waals surface area contributed by atoms with Crippen molar-refractivity contribution in [2.75, 3.05) is 7.11 Å². The van der Waals surface area contributed by atoms with Gasteiger partial charge in [-0.3, -0.25) is 4.79 Å². The van der Waals surface area contributed by atoms with Gasteiger partial charge in [0.1, 0.15) is 12.3 Å². The molecule has 0 spiro atoms. The lowest BCUT2D eigenvalue weighted by Gasteiger charge is -2.13. The van der Waals surface area contributed by atoms with Crippen molar-refractivity contribution < 1.29 is 14.3 Å². The fourth-order valence-corrected chi connectivity index (χ4v) is 2.41. The Hall–Kier alpha value is -2.59. The van der Waals surface area contributed by atoms with E-state index in [0.717, 1.165) is 10.9 Å². The van der Waals surface area contributed by atoms with E-state index in [4.69, 9.17) is 21.1 Å². The molecule has 5 heteroatoms. The van der Waals surface area contributed by atoms with E-state index in [2.05, 4.69) is 4.98 Å². The first-order valence-electron chi connectivity index (χ1n) is 7.03. The van der Waals surface area contributed by atoms with E-state index >= 15 is 0 Å². The quantitative estimate of drug-likeness (QED) is 0.659. The molecule has 3 rings (SSSR count). The van der Waals surface area contributed by atoms with Crippen LogP contribution in [-0.2, 0) is 6.61 Å². The second-order valence-electron chi connectivity index (χ2n) is 4.91. The van der Waals surface area contributed by atoms with Gasteiger partial charge in [-0.1, -0.05) is 30.3 Å². The SMILES string of the molecule is COc1ccc2nc(C(=O)Cl)ccc2c1OCc1ccccc1. The Morgan fingerprint density at radius 2 is 1.87 bits per heavy atom. The zero-order valence-electron chi connectivity index (χ0n) is 12.5. The first-order chi connectivity index (χ1) is 11.2. The number of aromatic nitrogens is 1. The minimum atomic E-state index is -0.588. The van der Waals surface area contributed by atoms with Crippen LogP contribution in [-0.4, -0.2) is 17.3 Å². The van der Waals surface area contributed by atoms with E-state index in [1.165, 1.54) is 0 Å². The number of hydrogen-bond donors (Lipinski definition) is 0. The fourth-order valence-electron chi connectivity index (χ4n) is 2.31. The van der Waals surface area contributed by atoms with Crippen LogP contribution in [0.5, 0.6) is 11.5 Å². The van der Waals surface area contributed by atoms with Gasteiger partial charge in [0.25, 0.3) is 5.24 Å². The smallest absolute Gasteiger partial charge is 0.270 e. The molecule has 116 valence electrons. The Balaban J connectivity index is 2.00. The number of halogens is 1. The zero-order valence-corrected chi connectivity index (χ0v) is 13.2. The number of fused-ring (bicyclic) bond motifs is 1. The number of ether oxygens (including phenoxy) is 2. The maximum atomic E-state index is 11.3. The van der Waals surface area contributed by atoms with E-state index in [1.54, 1.807) is 31.4 Å². The summed E-state index contributed by atoms with van der Waals surface area (Å²) in [5.41, 5.74) is 1.88. The first-order valence-corrected chi connectivity index (χ1v) is 7.41. The summed E-state index contributed by atoms with van der Waals surface area (Å²) in [7, 11) is 1.58. The molecule has 0 aliphatic heterocycles. The van der Waals surface area contributed by atoms with Gasteiger partial charge in [0, 0.05) is 5.39 Å². The summed E-state index contributed by atoms with van der Waals surface area (Å²) in [6, 6.07) is 16.7. The minimum absolute atomic E-state index is 0.207. The van der Waals surface area contributed by atoms with Gasteiger partial charge < -0.3 is 9.47 Å². The largest absolute Gasteiger partial charge is 0.493 e. The molecule has 2 aromatic carbocycles. The second kappa shape index (κ2) is 6.67. The molecule has 0 amide bonds. The fraction of sp³-hybridized carbons (Fsp3) is 0.111. The molecule has 0 unspecified atom stereocenters. The Labute approximate surface area is 138 Å². The highest BCUT2D eigenvalue weighted by molar-refractivity contribution is 6.67. The van der Waals surface area contributed by atoms with E-state index in [-0.39, 0.29) is 5.69 Å². The molecular weight excluding hydrogens is 314 g/mol. The van der Waals surface area contributed by atoms with Crippen LogP contribution in [0.4, 0.5) is 0 Å². The van der Waals surface area contributed by atoms with Gasteiger partial charge in [-0.15, -0.1) is 0 Å². The molecule has 0 bridgehead atoms. The van der Waals surface area contributed by atoms with E-state index < -0.39 is 5.24 Å². The molecule has 1 heterocycles. The standard InChI is InChI=1S/C18H14ClNO3/c1-22-16-10-9-14-13(7-8-15(20-14)18(19)21)17(16)23-11-12-5-3-2-4-6-12/h2-10H,11H2,1H3. The van der Waals surface area contributed by atoms with E-state index in [1.807, 2.05) is 30.3 Å². The van der Waals surface area contributed by atoms with Gasteiger partial charge in [-0.2, -0.15) is 0 Å². The summed E-state index contributed by atoms with van der Waals surface area (Å²) in [4.78, 5) is 15.5. The third-order valence-corrected chi connectivity index (χ3v) is 3.63. The van der Waals surface area contributed by atoms with Crippen LogP contribution in [0.15, 0.2) is 54.6 Å². The molecule has 0 aliphatic rings. The highest BCUT2D eigenvalue weighted by atomic mass is 35.5. The predicted octanol–water partition coefficient (Wildman–Crippen LogP) is 4.20. The molecule has 0 radical (unpaired) electrons. The molecule has 0 saturated carbocycles. The van der Waals surface area contributed by atoms with Crippen molar-refractivity contribution in [2.45, 2.75) is 6.61 Å². The molecule has 0 N–H and O–H groups in total. The van der Waals surface area contributed by atoms with Crippen molar-refractivity contribution in [3.8, 4) is 11.5 Å². The second-order valence-corrected chi connectivity index (χ2v) is 5.25. The molecule has 4 nitrogen and oxygen atoms in total. The topological polar surface area (TPSA) is 48.4 Å². The van der Waals surface area contributed by atoms with Crippen LogP contribution >= 0.6 is 11.6 Å². The third kappa shape index (κ3) is 3.27. The van der Waals surface area contributed by atoms with Gasteiger partial charge in [-0.05, 0) is 41.4 Å². The molecule has 0 atom stereocenters. The van der Waals surface area contributed by atoms with Crippen LogP contribution in [0.2, 0.25) is 0 Å². The lowest BCUT2D eigenvalue weighted by Crippen LogP contribution is -2.00. The number of hydrogen-bond acceptors (Lipinski definition) is 4. The summed E-state index contributed by atoms with van der Waals surface area (Å²) in [5, 5.41) is 0.177. The third-order valence-electron chi connectivity index (χ3n) is 3.43. The average Bonchev–Trinajstić information content (AvgIpc) is 2.59. The maximum absolute atomic E-state index is 11.3. The zero-order chi connectivity index (χ0) is 16.2. The van der Waals surface area contributed by atoms with Gasteiger partial charge in [0.05, 0.1) is 12.6 Å². The minimum Gasteiger partial charge on any atom is -0.493 e. The van der Waals surface area contributed by atoms with Crippen molar-refractivity contribution >= 4 is 27.7 Å². The number of carbonyl (C=O) groups excluding carboxylic acids is 1.